The molecule has 3 N–H and O–H groups in total. The highest BCUT2D eigenvalue weighted by atomic mass is 19.4. The maximum Gasteiger partial charge on any atom is 0.416 e. The minimum Gasteiger partial charge on any atom is -0.344 e. The Balaban J connectivity index is 1.74. The van der Waals surface area contributed by atoms with Crippen molar-refractivity contribution in [3.63, 3.8) is 0 Å². The van der Waals surface area contributed by atoms with E-state index < -0.39 is 17.8 Å². The van der Waals surface area contributed by atoms with Crippen LogP contribution < -0.4 is 10.6 Å². The van der Waals surface area contributed by atoms with E-state index in [2.05, 4.69) is 20.6 Å². The number of aromatic nitrogens is 2. The first-order valence-electron chi connectivity index (χ1n) is 6.99. The molecular weight excluding hydrogens is 335 g/mol. The molecule has 2 amide bonds. The van der Waals surface area contributed by atoms with Crippen LogP contribution in [0.15, 0.2) is 42.7 Å². The minimum absolute atomic E-state index is 0.209. The maximum absolute atomic E-state index is 12.5. The van der Waals surface area contributed by atoms with E-state index >= 15 is 0 Å². The zero-order chi connectivity index (χ0) is 18.0. The maximum atomic E-state index is 12.5. The summed E-state index contributed by atoms with van der Waals surface area (Å²) in [7, 11) is 0. The number of H-pyrrole nitrogens is 1. The third kappa shape index (κ3) is 3.53. The largest absolute Gasteiger partial charge is 0.416 e. The predicted molar refractivity (Wildman–Crippen MR) is 84.9 cm³/mol. The standard InChI is InChI=1S/C16H10F3N5O/c17-16(18,19)10-1-3-11(4-2-10)23-15(25)24-13-8-22-14-12(13)5-9(6-20)7-21-14/h1-5,7-8H,(H,21,22)(H2,23,24,25). The van der Waals surface area contributed by atoms with Gasteiger partial charge >= 0.3 is 12.2 Å². The number of hydrogen-bond acceptors (Lipinski definition) is 3. The summed E-state index contributed by atoms with van der Waals surface area (Å²) in [6.45, 7) is 0. The highest BCUT2D eigenvalue weighted by Gasteiger charge is 2.29. The van der Waals surface area contributed by atoms with Crippen LogP contribution in [0.2, 0.25) is 0 Å². The minimum atomic E-state index is -4.43. The van der Waals surface area contributed by atoms with E-state index in [4.69, 9.17) is 5.26 Å². The van der Waals surface area contributed by atoms with Gasteiger partial charge in [-0.2, -0.15) is 18.4 Å². The molecule has 9 heteroatoms. The molecule has 0 fully saturated rings. The molecule has 3 aromatic rings. The normalized spacial score (nSPS) is 11.1. The van der Waals surface area contributed by atoms with E-state index in [0.717, 1.165) is 24.3 Å². The second-order valence-electron chi connectivity index (χ2n) is 5.09. The van der Waals surface area contributed by atoms with Crippen molar-refractivity contribution >= 4 is 28.4 Å². The zero-order valence-corrected chi connectivity index (χ0v) is 12.5. The molecule has 0 atom stereocenters. The van der Waals surface area contributed by atoms with Crippen LogP contribution >= 0.6 is 0 Å². The summed E-state index contributed by atoms with van der Waals surface area (Å²) in [5.74, 6) is 0. The number of amides is 2. The monoisotopic (exact) mass is 345 g/mol. The van der Waals surface area contributed by atoms with Gasteiger partial charge in [-0.1, -0.05) is 0 Å². The lowest BCUT2D eigenvalue weighted by atomic mass is 10.2. The van der Waals surface area contributed by atoms with Crippen molar-refractivity contribution in [2.24, 2.45) is 0 Å². The van der Waals surface area contributed by atoms with Gasteiger partial charge in [0.05, 0.1) is 16.8 Å². The van der Waals surface area contributed by atoms with Crippen molar-refractivity contribution in [2.75, 3.05) is 10.6 Å². The fourth-order valence-electron chi connectivity index (χ4n) is 2.20. The smallest absolute Gasteiger partial charge is 0.344 e. The number of aromatic amines is 1. The lowest BCUT2D eigenvalue weighted by Crippen LogP contribution is -2.19. The molecule has 3 rings (SSSR count). The Morgan fingerprint density at radius 1 is 1.20 bits per heavy atom. The third-order valence-corrected chi connectivity index (χ3v) is 3.38. The Morgan fingerprint density at radius 2 is 1.92 bits per heavy atom. The Kier molecular flexibility index (Phi) is 4.02. The average Bonchev–Trinajstić information content (AvgIpc) is 2.96. The van der Waals surface area contributed by atoms with Gasteiger partial charge in [0.25, 0.3) is 0 Å². The summed E-state index contributed by atoms with van der Waals surface area (Å²) in [5.41, 5.74) is 0.623. The van der Waals surface area contributed by atoms with E-state index in [0.29, 0.717) is 22.3 Å². The van der Waals surface area contributed by atoms with Gasteiger partial charge in [-0.25, -0.2) is 9.78 Å². The topological polar surface area (TPSA) is 93.6 Å². The molecule has 25 heavy (non-hydrogen) atoms. The van der Waals surface area contributed by atoms with Crippen molar-refractivity contribution < 1.29 is 18.0 Å². The number of pyridine rings is 1. The molecule has 0 saturated carbocycles. The lowest BCUT2D eigenvalue weighted by molar-refractivity contribution is -0.137. The van der Waals surface area contributed by atoms with Crippen LogP contribution in [0.1, 0.15) is 11.1 Å². The number of alkyl halides is 3. The molecule has 2 aromatic heterocycles. The first-order chi connectivity index (χ1) is 11.9. The number of nitrogens with one attached hydrogen (secondary N) is 3. The summed E-state index contributed by atoms with van der Waals surface area (Å²) in [6, 6.07) is 6.95. The molecule has 2 heterocycles. The van der Waals surface area contributed by atoms with Crippen LogP contribution in [0.25, 0.3) is 11.0 Å². The van der Waals surface area contributed by atoms with Gasteiger partial charge in [-0.3, -0.25) is 0 Å². The van der Waals surface area contributed by atoms with E-state index in [1.54, 1.807) is 6.07 Å². The van der Waals surface area contributed by atoms with Crippen molar-refractivity contribution in [3.8, 4) is 6.07 Å². The van der Waals surface area contributed by atoms with E-state index in [-0.39, 0.29) is 5.69 Å². The summed E-state index contributed by atoms with van der Waals surface area (Å²) >= 11 is 0. The number of carbonyl (C=O) groups excluding carboxylic acids is 1. The lowest BCUT2D eigenvalue weighted by Gasteiger charge is -2.09. The van der Waals surface area contributed by atoms with E-state index in [9.17, 15) is 18.0 Å². The third-order valence-electron chi connectivity index (χ3n) is 3.38. The van der Waals surface area contributed by atoms with Crippen molar-refractivity contribution in [2.45, 2.75) is 6.18 Å². The number of anilines is 2. The summed E-state index contributed by atoms with van der Waals surface area (Å²) in [4.78, 5) is 18.9. The zero-order valence-electron chi connectivity index (χ0n) is 12.5. The molecule has 0 radical (unpaired) electrons. The molecule has 6 nitrogen and oxygen atoms in total. The fraction of sp³-hybridized carbons (Fsp3) is 0.0625. The number of benzene rings is 1. The van der Waals surface area contributed by atoms with Gasteiger partial charge < -0.3 is 15.6 Å². The molecule has 0 saturated heterocycles. The second-order valence-corrected chi connectivity index (χ2v) is 5.09. The summed E-state index contributed by atoms with van der Waals surface area (Å²) in [6.07, 6.45) is -1.54. The summed E-state index contributed by atoms with van der Waals surface area (Å²) in [5, 5.41) is 14.4. The number of fused-ring (bicyclic) bond motifs is 1. The van der Waals surface area contributed by atoms with Gasteiger partial charge in [0, 0.05) is 23.5 Å². The van der Waals surface area contributed by atoms with Gasteiger partial charge in [-0.15, -0.1) is 0 Å². The molecular formula is C16H10F3N5O. The molecule has 0 aliphatic rings. The molecule has 0 aliphatic carbocycles. The SMILES string of the molecule is N#Cc1cnc2[nH]cc(NC(=O)Nc3ccc(C(F)(F)F)cc3)c2c1. The number of hydrogen-bond donors (Lipinski definition) is 3. The Labute approximate surface area is 139 Å². The number of nitriles is 1. The number of rotatable bonds is 2. The first kappa shape index (κ1) is 16.3. The molecule has 0 unspecified atom stereocenters. The van der Waals surface area contributed by atoms with Crippen molar-refractivity contribution in [1.82, 2.24) is 9.97 Å². The molecule has 126 valence electrons. The fourth-order valence-corrected chi connectivity index (χ4v) is 2.20. The van der Waals surface area contributed by atoms with Crippen molar-refractivity contribution in [3.05, 3.63) is 53.9 Å². The number of urea groups is 1. The van der Waals surface area contributed by atoms with Gasteiger partial charge in [-0.05, 0) is 30.3 Å². The molecule has 0 spiro atoms. The van der Waals surface area contributed by atoms with Crippen LogP contribution in [0, 0.1) is 11.3 Å². The number of halogens is 3. The molecule has 0 bridgehead atoms. The highest BCUT2D eigenvalue weighted by molar-refractivity contribution is 6.05. The number of carbonyl (C=O) groups is 1. The van der Waals surface area contributed by atoms with E-state index in [1.807, 2.05) is 6.07 Å². The van der Waals surface area contributed by atoms with Gasteiger partial charge in [0.2, 0.25) is 0 Å². The Bertz CT molecular complexity index is 970. The first-order valence-corrected chi connectivity index (χ1v) is 6.99. The highest BCUT2D eigenvalue weighted by Crippen LogP contribution is 2.30. The average molecular weight is 345 g/mol. The predicted octanol–water partition coefficient (Wildman–Crippen LogP) is 4.10. The number of nitrogens with zero attached hydrogens (tertiary/aromatic N) is 2. The van der Waals surface area contributed by atoms with Gasteiger partial charge in [0.15, 0.2) is 0 Å². The van der Waals surface area contributed by atoms with Crippen LogP contribution in [-0.2, 0) is 6.18 Å². The van der Waals surface area contributed by atoms with E-state index in [1.165, 1.54) is 12.4 Å². The summed E-state index contributed by atoms with van der Waals surface area (Å²) < 4.78 is 37.5. The van der Waals surface area contributed by atoms with Crippen molar-refractivity contribution in [1.29, 1.82) is 5.26 Å². The quantitative estimate of drug-likeness (QED) is 0.653. The molecule has 1 aromatic carbocycles. The second kappa shape index (κ2) is 6.16. The van der Waals surface area contributed by atoms with Crippen LogP contribution in [0.3, 0.4) is 0 Å². The Hall–Kier alpha value is -3.54. The van der Waals surface area contributed by atoms with Crippen LogP contribution in [0.5, 0.6) is 0 Å². The van der Waals surface area contributed by atoms with Crippen LogP contribution in [0.4, 0.5) is 29.3 Å². The molecule has 0 aliphatic heterocycles. The van der Waals surface area contributed by atoms with Crippen LogP contribution in [-0.4, -0.2) is 16.0 Å². The Morgan fingerprint density at radius 3 is 2.56 bits per heavy atom. The van der Waals surface area contributed by atoms with Gasteiger partial charge in [0.1, 0.15) is 11.7 Å².